The van der Waals surface area contributed by atoms with Gasteiger partial charge in [-0.05, 0) is 44.5 Å². The van der Waals surface area contributed by atoms with E-state index in [9.17, 15) is 9.18 Å². The number of carbonyl (C=O) groups is 1. The zero-order chi connectivity index (χ0) is 15.0. The number of likely N-dealkylation sites (tertiary alicyclic amines) is 1. The minimum Gasteiger partial charge on any atom is -0.481 e. The van der Waals surface area contributed by atoms with Gasteiger partial charge in [0.2, 0.25) is 0 Å². The third kappa shape index (κ3) is 2.78. The summed E-state index contributed by atoms with van der Waals surface area (Å²) in [5.74, 6) is -1.70. The second kappa shape index (κ2) is 5.88. The fraction of sp³-hybridized carbons (Fsp3) is 0.500. The van der Waals surface area contributed by atoms with Gasteiger partial charge in [-0.1, -0.05) is 23.2 Å². The van der Waals surface area contributed by atoms with E-state index in [1.54, 1.807) is 0 Å². The largest absolute Gasteiger partial charge is 0.481 e. The summed E-state index contributed by atoms with van der Waals surface area (Å²) in [4.78, 5) is 13.2. The van der Waals surface area contributed by atoms with Crippen molar-refractivity contribution < 1.29 is 14.3 Å². The van der Waals surface area contributed by atoms with E-state index in [0.29, 0.717) is 23.6 Å². The first-order valence-electron chi connectivity index (χ1n) is 6.46. The van der Waals surface area contributed by atoms with Gasteiger partial charge in [0.15, 0.2) is 0 Å². The molecule has 1 aliphatic rings. The Balaban J connectivity index is 2.26. The highest BCUT2D eigenvalue weighted by Crippen LogP contribution is 2.36. The Morgan fingerprint density at radius 1 is 1.45 bits per heavy atom. The predicted octanol–water partition coefficient (Wildman–Crippen LogP) is 3.99. The molecule has 1 N–H and O–H groups in total. The van der Waals surface area contributed by atoms with E-state index >= 15 is 0 Å². The first kappa shape index (κ1) is 15.5. The number of benzene rings is 1. The molecule has 3 nitrogen and oxygen atoms in total. The molecular weight excluding hydrogens is 304 g/mol. The van der Waals surface area contributed by atoms with Gasteiger partial charge in [0.25, 0.3) is 0 Å². The van der Waals surface area contributed by atoms with Crippen molar-refractivity contribution in [3.05, 3.63) is 33.6 Å². The first-order chi connectivity index (χ1) is 9.32. The number of nitrogens with zero attached hydrogens (tertiary/aromatic N) is 1. The van der Waals surface area contributed by atoms with Crippen molar-refractivity contribution in [1.29, 1.82) is 0 Å². The van der Waals surface area contributed by atoms with Gasteiger partial charge < -0.3 is 5.11 Å². The van der Waals surface area contributed by atoms with E-state index in [2.05, 4.69) is 0 Å². The van der Waals surface area contributed by atoms with Crippen LogP contribution < -0.4 is 0 Å². The number of hydrogen-bond donors (Lipinski definition) is 1. The van der Waals surface area contributed by atoms with E-state index in [-0.39, 0.29) is 17.1 Å². The van der Waals surface area contributed by atoms with Crippen molar-refractivity contribution in [3.8, 4) is 0 Å². The van der Waals surface area contributed by atoms with Crippen molar-refractivity contribution in [2.45, 2.75) is 32.4 Å². The van der Waals surface area contributed by atoms with Crippen molar-refractivity contribution in [2.24, 2.45) is 5.92 Å². The van der Waals surface area contributed by atoms with Gasteiger partial charge in [0.05, 0.1) is 10.9 Å². The van der Waals surface area contributed by atoms with Crippen LogP contribution in [0.3, 0.4) is 0 Å². The van der Waals surface area contributed by atoms with E-state index in [4.69, 9.17) is 28.3 Å². The van der Waals surface area contributed by atoms with E-state index in [1.807, 2.05) is 18.7 Å². The number of rotatable bonds is 3. The molecule has 0 amide bonds. The summed E-state index contributed by atoms with van der Waals surface area (Å²) >= 11 is 11.8. The van der Waals surface area contributed by atoms with E-state index in [1.165, 1.54) is 12.1 Å². The standard InChI is InChI=1S/C14H16Cl2FNO2/c1-7-9(14(19)20)3-4-18(7)8(2)10-5-13(17)12(16)6-11(10)15/h5-9H,3-4H2,1-2H3,(H,19,20). The molecule has 3 unspecified atom stereocenters. The summed E-state index contributed by atoms with van der Waals surface area (Å²) < 4.78 is 13.6. The molecule has 0 aromatic heterocycles. The smallest absolute Gasteiger partial charge is 0.308 e. The van der Waals surface area contributed by atoms with Crippen LogP contribution in [0.25, 0.3) is 0 Å². The highest BCUT2D eigenvalue weighted by molar-refractivity contribution is 6.35. The fourth-order valence-corrected chi connectivity index (χ4v) is 3.42. The van der Waals surface area contributed by atoms with Gasteiger partial charge in [-0.15, -0.1) is 0 Å². The number of carboxylic acids is 1. The van der Waals surface area contributed by atoms with Crippen molar-refractivity contribution in [1.82, 2.24) is 4.90 Å². The monoisotopic (exact) mass is 319 g/mol. The number of halogens is 3. The molecule has 1 aromatic carbocycles. The fourth-order valence-electron chi connectivity index (χ4n) is 2.88. The van der Waals surface area contributed by atoms with Crippen LogP contribution in [-0.2, 0) is 4.79 Å². The molecule has 20 heavy (non-hydrogen) atoms. The Morgan fingerprint density at radius 2 is 2.10 bits per heavy atom. The Kier molecular flexibility index (Phi) is 4.57. The molecule has 1 fully saturated rings. The van der Waals surface area contributed by atoms with Crippen LogP contribution in [0, 0.1) is 11.7 Å². The lowest BCUT2D eigenvalue weighted by Gasteiger charge is -2.30. The van der Waals surface area contributed by atoms with Gasteiger partial charge in [0.1, 0.15) is 5.82 Å². The number of carboxylic acid groups (broad SMARTS) is 1. The summed E-state index contributed by atoms with van der Waals surface area (Å²) in [5, 5.41) is 9.55. The van der Waals surface area contributed by atoms with Crippen LogP contribution >= 0.6 is 23.2 Å². The summed E-state index contributed by atoms with van der Waals surface area (Å²) in [6.45, 7) is 4.43. The zero-order valence-corrected chi connectivity index (χ0v) is 12.7. The topological polar surface area (TPSA) is 40.5 Å². The van der Waals surface area contributed by atoms with Crippen LogP contribution in [0.5, 0.6) is 0 Å². The van der Waals surface area contributed by atoms with Crippen LogP contribution in [0.1, 0.15) is 31.9 Å². The van der Waals surface area contributed by atoms with Crippen LogP contribution in [-0.4, -0.2) is 28.6 Å². The third-order valence-electron chi connectivity index (χ3n) is 4.11. The summed E-state index contributed by atoms with van der Waals surface area (Å²) in [6, 6.07) is 2.45. The minimum absolute atomic E-state index is 0.0103. The van der Waals surface area contributed by atoms with Crippen LogP contribution in [0.4, 0.5) is 4.39 Å². The van der Waals surface area contributed by atoms with Gasteiger partial charge in [-0.2, -0.15) is 0 Å². The highest BCUT2D eigenvalue weighted by atomic mass is 35.5. The lowest BCUT2D eigenvalue weighted by Crippen LogP contribution is -2.35. The lowest BCUT2D eigenvalue weighted by atomic mass is 10.0. The van der Waals surface area contributed by atoms with Crippen molar-refractivity contribution in [3.63, 3.8) is 0 Å². The number of hydrogen-bond acceptors (Lipinski definition) is 2. The summed E-state index contributed by atoms with van der Waals surface area (Å²) in [5.41, 5.74) is 0.631. The molecule has 1 aliphatic heterocycles. The minimum atomic E-state index is -0.791. The average molecular weight is 320 g/mol. The van der Waals surface area contributed by atoms with Crippen molar-refractivity contribution >= 4 is 29.2 Å². The number of aliphatic carboxylic acids is 1. The molecule has 0 spiro atoms. The molecular formula is C14H16Cl2FNO2. The van der Waals surface area contributed by atoms with Gasteiger partial charge in [-0.3, -0.25) is 9.69 Å². The molecule has 1 aromatic rings. The Hall–Kier alpha value is -0.840. The van der Waals surface area contributed by atoms with Crippen LogP contribution in [0.2, 0.25) is 10.0 Å². The normalized spacial score (nSPS) is 24.9. The molecule has 0 bridgehead atoms. The van der Waals surface area contributed by atoms with Gasteiger partial charge in [-0.25, -0.2) is 4.39 Å². The summed E-state index contributed by atoms with van der Waals surface area (Å²) in [6.07, 6.45) is 0.592. The van der Waals surface area contributed by atoms with E-state index < -0.39 is 17.7 Å². The van der Waals surface area contributed by atoms with Gasteiger partial charge in [0, 0.05) is 17.1 Å². The maximum atomic E-state index is 13.6. The molecule has 2 rings (SSSR count). The molecule has 0 saturated carbocycles. The molecule has 0 radical (unpaired) electrons. The Labute approximate surface area is 127 Å². The molecule has 0 aliphatic carbocycles. The second-order valence-corrected chi connectivity index (χ2v) is 5.99. The SMILES string of the molecule is CC(c1cc(F)c(Cl)cc1Cl)N1CCC(C(=O)O)C1C. The summed E-state index contributed by atoms with van der Waals surface area (Å²) in [7, 11) is 0. The lowest BCUT2D eigenvalue weighted by molar-refractivity contribution is -0.142. The molecule has 1 heterocycles. The van der Waals surface area contributed by atoms with E-state index in [0.717, 1.165) is 0 Å². The highest BCUT2D eigenvalue weighted by Gasteiger charge is 2.38. The van der Waals surface area contributed by atoms with Gasteiger partial charge >= 0.3 is 5.97 Å². The molecule has 110 valence electrons. The Bertz CT molecular complexity index is 538. The zero-order valence-electron chi connectivity index (χ0n) is 11.2. The maximum absolute atomic E-state index is 13.6. The quantitative estimate of drug-likeness (QED) is 0.856. The maximum Gasteiger partial charge on any atom is 0.308 e. The molecule has 1 saturated heterocycles. The molecule has 3 atom stereocenters. The van der Waals surface area contributed by atoms with Crippen LogP contribution in [0.15, 0.2) is 12.1 Å². The first-order valence-corrected chi connectivity index (χ1v) is 7.21. The van der Waals surface area contributed by atoms with Crippen molar-refractivity contribution in [2.75, 3.05) is 6.54 Å². The predicted molar refractivity (Wildman–Crippen MR) is 76.7 cm³/mol. The Morgan fingerprint density at radius 3 is 2.65 bits per heavy atom. The third-order valence-corrected chi connectivity index (χ3v) is 4.73. The second-order valence-electron chi connectivity index (χ2n) is 5.18. The average Bonchev–Trinajstić information content (AvgIpc) is 2.75. The molecule has 6 heteroatoms.